The molecule has 0 amide bonds. The van der Waals surface area contributed by atoms with Crippen LogP contribution in [0.5, 0.6) is 11.5 Å². The summed E-state index contributed by atoms with van der Waals surface area (Å²) in [5.74, 6) is -1.39. The Morgan fingerprint density at radius 3 is 1.62 bits per heavy atom. The van der Waals surface area contributed by atoms with Gasteiger partial charge in [-0.1, -0.05) is 54.0 Å². The molecule has 0 spiro atoms. The first-order valence-electron chi connectivity index (χ1n) is 14.6. The van der Waals surface area contributed by atoms with Gasteiger partial charge in [0.2, 0.25) is 0 Å². The predicted octanol–water partition coefficient (Wildman–Crippen LogP) is 5.98. The zero-order chi connectivity index (χ0) is 32.1. The first-order valence-corrected chi connectivity index (χ1v) is 14.6. The van der Waals surface area contributed by atoms with Gasteiger partial charge in [-0.3, -0.25) is 9.59 Å². The van der Waals surface area contributed by atoms with E-state index in [0.29, 0.717) is 12.0 Å². The van der Waals surface area contributed by atoms with Gasteiger partial charge >= 0.3 is 24.2 Å². The lowest BCUT2D eigenvalue weighted by Crippen LogP contribution is -2.40. The molecule has 6 atom stereocenters. The summed E-state index contributed by atoms with van der Waals surface area (Å²) in [5.41, 5.74) is 6.62. The molecule has 1 aromatic rings. The van der Waals surface area contributed by atoms with E-state index in [1.807, 2.05) is 34.6 Å². The molecular formula is C31H49NO10. The molecular weight excluding hydrogens is 546 g/mol. The first kappa shape index (κ1) is 36.7. The van der Waals surface area contributed by atoms with E-state index in [4.69, 9.17) is 34.2 Å². The molecule has 0 radical (unpaired) electrons. The van der Waals surface area contributed by atoms with Crippen LogP contribution in [0, 0.1) is 17.8 Å². The lowest BCUT2D eigenvalue weighted by Gasteiger charge is -2.23. The molecule has 0 bridgehead atoms. The van der Waals surface area contributed by atoms with Gasteiger partial charge in [0.05, 0.1) is 5.92 Å². The number of esters is 2. The molecule has 11 heteroatoms. The van der Waals surface area contributed by atoms with Crippen LogP contribution in [0.15, 0.2) is 18.2 Å². The summed E-state index contributed by atoms with van der Waals surface area (Å²) >= 11 is 0. The van der Waals surface area contributed by atoms with Crippen molar-refractivity contribution in [1.29, 1.82) is 0 Å². The molecule has 42 heavy (non-hydrogen) atoms. The highest BCUT2D eigenvalue weighted by molar-refractivity contribution is 5.76. The Hall–Kier alpha value is -3.34. The van der Waals surface area contributed by atoms with Crippen LogP contribution < -0.4 is 15.2 Å². The summed E-state index contributed by atoms with van der Waals surface area (Å²) < 4.78 is 32.1. The lowest BCUT2D eigenvalue weighted by atomic mass is 10.1. The topological polar surface area (TPSA) is 150 Å². The van der Waals surface area contributed by atoms with Crippen molar-refractivity contribution in [2.24, 2.45) is 23.5 Å². The van der Waals surface area contributed by atoms with Crippen LogP contribution in [0.4, 0.5) is 9.59 Å². The SMILES string of the molecule is CCCC(C)C(=O)O[C@@H](C)[C@H](C)OC(=O)[C@@H](N)Cc1ccc(OC(=O)OC(C)C(C)C)c(OC(=O)OC(C)C(C)C)c1. The monoisotopic (exact) mass is 595 g/mol. The molecule has 1 aromatic carbocycles. The van der Waals surface area contributed by atoms with Crippen molar-refractivity contribution in [3.8, 4) is 11.5 Å². The number of nitrogens with two attached hydrogens (primary N) is 1. The smallest absolute Gasteiger partial charge is 0.459 e. The molecule has 0 heterocycles. The number of ether oxygens (including phenoxy) is 6. The fourth-order valence-electron chi connectivity index (χ4n) is 3.30. The van der Waals surface area contributed by atoms with E-state index in [1.165, 1.54) is 12.1 Å². The summed E-state index contributed by atoms with van der Waals surface area (Å²) in [4.78, 5) is 49.8. The average Bonchev–Trinajstić information content (AvgIpc) is 2.89. The maximum atomic E-state index is 12.7. The molecule has 238 valence electrons. The zero-order valence-electron chi connectivity index (χ0n) is 26.6. The molecule has 0 aliphatic rings. The van der Waals surface area contributed by atoms with Crippen molar-refractivity contribution in [2.75, 3.05) is 0 Å². The Labute approximate surface area is 249 Å². The minimum atomic E-state index is -1.08. The second-order valence-corrected chi connectivity index (χ2v) is 11.4. The van der Waals surface area contributed by atoms with Crippen LogP contribution in [-0.2, 0) is 35.0 Å². The van der Waals surface area contributed by atoms with Gasteiger partial charge in [0.25, 0.3) is 0 Å². The molecule has 0 saturated carbocycles. The first-order chi connectivity index (χ1) is 19.5. The standard InChI is InChI=1S/C31H49NO10/c1-11-12-19(6)28(33)37-22(9)23(10)38-29(34)25(32)15-24-13-14-26(41-30(35)39-20(7)17(2)3)27(16-24)42-31(36)40-21(8)18(4)5/h13-14,16-23,25H,11-12,15,32H2,1-10H3/t19?,20?,21?,22-,23-,25-/m0/s1. The fraction of sp³-hybridized carbons (Fsp3) is 0.677. The minimum absolute atomic E-state index is 0.0101. The summed E-state index contributed by atoms with van der Waals surface area (Å²) in [5, 5.41) is 0. The van der Waals surface area contributed by atoms with Gasteiger partial charge in [-0.25, -0.2) is 9.59 Å². The third kappa shape index (κ3) is 12.7. The number of hydrogen-bond acceptors (Lipinski definition) is 11. The highest BCUT2D eigenvalue weighted by Gasteiger charge is 2.27. The van der Waals surface area contributed by atoms with E-state index in [0.717, 1.165) is 6.42 Å². The van der Waals surface area contributed by atoms with E-state index in [9.17, 15) is 19.2 Å². The third-order valence-electron chi connectivity index (χ3n) is 6.98. The molecule has 0 aliphatic carbocycles. The van der Waals surface area contributed by atoms with Gasteiger partial charge in [0.1, 0.15) is 30.5 Å². The van der Waals surface area contributed by atoms with Crippen molar-refractivity contribution in [3.05, 3.63) is 23.8 Å². The Morgan fingerprint density at radius 2 is 1.14 bits per heavy atom. The maximum Gasteiger partial charge on any atom is 0.514 e. The number of carbonyl (C=O) groups is 4. The van der Waals surface area contributed by atoms with Crippen LogP contribution in [0.1, 0.15) is 87.6 Å². The molecule has 11 nitrogen and oxygen atoms in total. The molecule has 0 aliphatic heterocycles. The Bertz CT molecular complexity index is 1040. The third-order valence-corrected chi connectivity index (χ3v) is 6.98. The number of benzene rings is 1. The van der Waals surface area contributed by atoms with Crippen molar-refractivity contribution in [3.63, 3.8) is 0 Å². The van der Waals surface area contributed by atoms with E-state index in [1.54, 1.807) is 40.7 Å². The fourth-order valence-corrected chi connectivity index (χ4v) is 3.30. The van der Waals surface area contributed by atoms with Crippen LogP contribution >= 0.6 is 0 Å². The molecule has 2 N–H and O–H groups in total. The summed E-state index contributed by atoms with van der Waals surface area (Å²) in [6.07, 6.45) is -2.62. The lowest BCUT2D eigenvalue weighted by molar-refractivity contribution is -0.168. The Kier molecular flexibility index (Phi) is 15.4. The highest BCUT2D eigenvalue weighted by atomic mass is 16.8. The van der Waals surface area contributed by atoms with Crippen molar-refractivity contribution >= 4 is 24.2 Å². The number of rotatable bonds is 15. The molecule has 0 fully saturated rings. The molecule has 3 unspecified atom stereocenters. The Morgan fingerprint density at radius 1 is 0.667 bits per heavy atom. The van der Waals surface area contributed by atoms with Gasteiger partial charge in [-0.15, -0.1) is 0 Å². The number of carbonyl (C=O) groups excluding carboxylic acids is 4. The number of hydrogen-bond donors (Lipinski definition) is 1. The van der Waals surface area contributed by atoms with Crippen molar-refractivity contribution in [1.82, 2.24) is 0 Å². The summed E-state index contributed by atoms with van der Waals surface area (Å²) in [7, 11) is 0. The summed E-state index contributed by atoms with van der Waals surface area (Å²) in [6, 6.07) is 3.31. The molecule has 0 saturated heterocycles. The Balaban J connectivity index is 3.00. The van der Waals surface area contributed by atoms with E-state index < -0.39 is 48.7 Å². The van der Waals surface area contributed by atoms with Crippen molar-refractivity contribution < 1.29 is 47.6 Å². The molecule has 0 aromatic heterocycles. The largest absolute Gasteiger partial charge is 0.514 e. The van der Waals surface area contributed by atoms with Gasteiger partial charge in [0.15, 0.2) is 11.5 Å². The second kappa shape index (κ2) is 17.6. The molecule has 1 rings (SSSR count). The average molecular weight is 596 g/mol. The van der Waals surface area contributed by atoms with Crippen LogP contribution in [0.3, 0.4) is 0 Å². The quantitative estimate of drug-likeness (QED) is 0.145. The van der Waals surface area contributed by atoms with Gasteiger partial charge in [0, 0.05) is 0 Å². The van der Waals surface area contributed by atoms with Gasteiger partial charge in [-0.05, 0) is 70.1 Å². The zero-order valence-corrected chi connectivity index (χ0v) is 26.6. The van der Waals surface area contributed by atoms with Crippen LogP contribution in [-0.4, -0.2) is 54.7 Å². The van der Waals surface area contributed by atoms with Gasteiger partial charge < -0.3 is 34.2 Å². The van der Waals surface area contributed by atoms with E-state index >= 15 is 0 Å². The highest BCUT2D eigenvalue weighted by Crippen LogP contribution is 2.30. The maximum absolute atomic E-state index is 12.7. The second-order valence-electron chi connectivity index (χ2n) is 11.4. The van der Waals surface area contributed by atoms with E-state index in [2.05, 4.69) is 0 Å². The van der Waals surface area contributed by atoms with Crippen molar-refractivity contribution in [2.45, 2.75) is 119 Å². The van der Waals surface area contributed by atoms with E-state index in [-0.39, 0.29) is 41.6 Å². The predicted molar refractivity (Wildman–Crippen MR) is 156 cm³/mol. The van der Waals surface area contributed by atoms with Crippen LogP contribution in [0.25, 0.3) is 0 Å². The minimum Gasteiger partial charge on any atom is -0.459 e. The normalized spacial score (nSPS) is 15.5. The summed E-state index contributed by atoms with van der Waals surface area (Å²) in [6.45, 7) is 18.1. The van der Waals surface area contributed by atoms with Gasteiger partial charge in [-0.2, -0.15) is 0 Å². The van der Waals surface area contributed by atoms with Crippen LogP contribution in [0.2, 0.25) is 0 Å².